The van der Waals surface area contributed by atoms with Crippen molar-refractivity contribution in [1.82, 2.24) is 18.9 Å². The average Bonchev–Trinajstić information content (AvgIpc) is 3.83. The summed E-state index contributed by atoms with van der Waals surface area (Å²) in [6, 6.07) is 48.4. The van der Waals surface area contributed by atoms with Crippen LogP contribution in [0.5, 0.6) is 0 Å². The van der Waals surface area contributed by atoms with E-state index in [0.717, 1.165) is 33.5 Å². The fourth-order valence-electron chi connectivity index (χ4n) is 8.56. The van der Waals surface area contributed by atoms with Crippen molar-refractivity contribution in [2.75, 3.05) is 0 Å². The van der Waals surface area contributed by atoms with Crippen LogP contribution in [0, 0.1) is 0 Å². The Hall–Kier alpha value is -6.26. The summed E-state index contributed by atoms with van der Waals surface area (Å²) < 4.78 is 5.00. The number of para-hydroxylation sites is 5. The van der Waals surface area contributed by atoms with Gasteiger partial charge in [-0.1, -0.05) is 84.9 Å². The van der Waals surface area contributed by atoms with Crippen LogP contribution in [0.4, 0.5) is 0 Å². The second-order valence-corrected chi connectivity index (χ2v) is 12.5. The second-order valence-electron chi connectivity index (χ2n) is 12.5. The van der Waals surface area contributed by atoms with E-state index in [-0.39, 0.29) is 0 Å². The van der Waals surface area contributed by atoms with Crippen molar-refractivity contribution in [1.29, 1.82) is 0 Å². The van der Waals surface area contributed by atoms with Gasteiger partial charge >= 0.3 is 0 Å². The predicted molar refractivity (Wildman–Crippen MR) is 190 cm³/mol. The van der Waals surface area contributed by atoms with Gasteiger partial charge in [-0.3, -0.25) is 0 Å². The molecular weight excluding hydrogens is 560 g/mol. The molecule has 46 heavy (non-hydrogen) atoms. The van der Waals surface area contributed by atoms with Crippen molar-refractivity contribution in [2.45, 2.75) is 0 Å². The molecule has 4 heterocycles. The standard InChI is InChI=1S/C42H22N4/c1-6-17-33-23(10-1)29-22-30-24-11-2-7-18-34(24)46(42(30)38-26-12-3-8-19-35(26)45(33)41(29)38)36-21-20-28-37-25(36)13-9-14-27(37)39-40(28)44-32-16-5-4-15-31(32)43-39/h1-22H. The lowest BCUT2D eigenvalue weighted by atomic mass is 10.0. The number of nitrogens with zero attached hydrogens (tertiary/aromatic N) is 4. The molecular formula is C42H22N4. The van der Waals surface area contributed by atoms with Gasteiger partial charge in [-0.25, -0.2) is 9.97 Å². The van der Waals surface area contributed by atoms with Crippen LogP contribution in [0.2, 0.25) is 0 Å². The summed E-state index contributed by atoms with van der Waals surface area (Å²) in [5, 5.41) is 10.2. The zero-order chi connectivity index (χ0) is 29.7. The van der Waals surface area contributed by atoms with Gasteiger partial charge in [0.05, 0.1) is 55.7 Å². The number of hydrogen-bond acceptors (Lipinski definition) is 2. The van der Waals surface area contributed by atoms with Gasteiger partial charge in [0.25, 0.3) is 0 Å². The van der Waals surface area contributed by atoms with Crippen LogP contribution in [0.3, 0.4) is 0 Å². The Bertz CT molecular complexity index is 3090. The monoisotopic (exact) mass is 582 g/mol. The van der Waals surface area contributed by atoms with Gasteiger partial charge in [0.2, 0.25) is 0 Å². The lowest BCUT2D eigenvalue weighted by Crippen LogP contribution is -1.96. The molecule has 11 aromatic rings. The van der Waals surface area contributed by atoms with Gasteiger partial charge in [0.1, 0.15) is 0 Å². The first-order chi connectivity index (χ1) is 22.8. The molecule has 4 nitrogen and oxygen atoms in total. The molecule has 0 saturated heterocycles. The Labute approximate surface area is 261 Å². The van der Waals surface area contributed by atoms with E-state index >= 15 is 0 Å². The molecule has 7 aromatic carbocycles. The molecule has 0 unspecified atom stereocenters. The van der Waals surface area contributed by atoms with Crippen LogP contribution in [0.1, 0.15) is 0 Å². The van der Waals surface area contributed by atoms with E-state index < -0.39 is 0 Å². The normalized spacial score (nSPS) is 12.8. The minimum absolute atomic E-state index is 0.926. The molecule has 0 radical (unpaired) electrons. The molecule has 0 aliphatic heterocycles. The van der Waals surface area contributed by atoms with Gasteiger partial charge in [-0.15, -0.1) is 0 Å². The first-order valence-corrected chi connectivity index (χ1v) is 15.8. The molecule has 0 spiro atoms. The Kier molecular flexibility index (Phi) is 3.96. The molecule has 0 saturated carbocycles. The van der Waals surface area contributed by atoms with Crippen molar-refractivity contribution in [3.05, 3.63) is 133 Å². The van der Waals surface area contributed by atoms with Crippen LogP contribution in [-0.2, 0) is 0 Å². The second kappa shape index (κ2) is 7.87. The van der Waals surface area contributed by atoms with Crippen LogP contribution < -0.4 is 0 Å². The van der Waals surface area contributed by atoms with Gasteiger partial charge in [-0.05, 0) is 48.5 Å². The first kappa shape index (κ1) is 23.2. The lowest BCUT2D eigenvalue weighted by Gasteiger charge is -2.14. The average molecular weight is 583 g/mol. The van der Waals surface area contributed by atoms with Crippen molar-refractivity contribution in [3.63, 3.8) is 0 Å². The minimum Gasteiger partial charge on any atom is -0.308 e. The van der Waals surface area contributed by atoms with E-state index in [1.165, 1.54) is 76.4 Å². The third-order valence-electron chi connectivity index (χ3n) is 10.3. The van der Waals surface area contributed by atoms with E-state index in [9.17, 15) is 0 Å². The highest BCUT2D eigenvalue weighted by molar-refractivity contribution is 6.34. The summed E-state index contributed by atoms with van der Waals surface area (Å²) in [6.45, 7) is 0. The number of aromatic nitrogens is 4. The first-order valence-electron chi connectivity index (χ1n) is 15.8. The number of rotatable bonds is 1. The Balaban J connectivity index is 1.29. The maximum atomic E-state index is 5.13. The smallest absolute Gasteiger partial charge is 0.0979 e. The van der Waals surface area contributed by atoms with E-state index in [1.54, 1.807) is 0 Å². The van der Waals surface area contributed by atoms with E-state index in [2.05, 4.69) is 130 Å². The van der Waals surface area contributed by atoms with Crippen LogP contribution in [-0.4, -0.2) is 18.9 Å². The SMILES string of the molecule is c1ccc2nc3c(nc2c1)-c1cccc2c(-n4c5ccccc5c5cc6c7ccccc7n7c8ccccc8c(c54)c67)ccc-3c12. The molecule has 1 aliphatic rings. The van der Waals surface area contributed by atoms with Crippen LogP contribution in [0.25, 0.3) is 110 Å². The minimum atomic E-state index is 0.926. The van der Waals surface area contributed by atoms with Crippen molar-refractivity contribution < 1.29 is 0 Å². The molecule has 0 bridgehead atoms. The van der Waals surface area contributed by atoms with Crippen LogP contribution in [0.15, 0.2) is 133 Å². The Morgan fingerprint density at radius 1 is 0.391 bits per heavy atom. The molecule has 4 heteroatoms. The molecule has 0 fully saturated rings. The maximum Gasteiger partial charge on any atom is 0.0979 e. The van der Waals surface area contributed by atoms with Crippen molar-refractivity contribution >= 4 is 81.7 Å². The van der Waals surface area contributed by atoms with E-state index in [0.29, 0.717) is 0 Å². The van der Waals surface area contributed by atoms with Crippen LogP contribution >= 0.6 is 0 Å². The zero-order valence-electron chi connectivity index (χ0n) is 24.5. The lowest BCUT2D eigenvalue weighted by molar-refractivity contribution is 1.21. The maximum absolute atomic E-state index is 5.13. The summed E-state index contributed by atoms with van der Waals surface area (Å²) in [5.41, 5.74) is 13.5. The number of fused-ring (bicyclic) bond motifs is 14. The molecule has 1 aliphatic carbocycles. The van der Waals surface area contributed by atoms with Gasteiger partial charge in [0.15, 0.2) is 0 Å². The summed E-state index contributed by atoms with van der Waals surface area (Å²) in [6.07, 6.45) is 0. The molecule has 0 N–H and O–H groups in total. The highest BCUT2D eigenvalue weighted by Crippen LogP contribution is 2.50. The highest BCUT2D eigenvalue weighted by atomic mass is 15.0. The Morgan fingerprint density at radius 3 is 1.72 bits per heavy atom. The molecule has 0 atom stereocenters. The topological polar surface area (TPSA) is 35.1 Å². The third kappa shape index (κ3) is 2.57. The fourth-order valence-corrected chi connectivity index (χ4v) is 8.56. The zero-order valence-corrected chi connectivity index (χ0v) is 24.5. The summed E-state index contributed by atoms with van der Waals surface area (Å²) in [4.78, 5) is 10.3. The van der Waals surface area contributed by atoms with E-state index in [1.807, 2.05) is 12.1 Å². The summed E-state index contributed by atoms with van der Waals surface area (Å²) in [5.74, 6) is 0. The summed E-state index contributed by atoms with van der Waals surface area (Å²) >= 11 is 0. The highest BCUT2D eigenvalue weighted by Gasteiger charge is 2.28. The van der Waals surface area contributed by atoms with Gasteiger partial charge in [0, 0.05) is 54.2 Å². The predicted octanol–water partition coefficient (Wildman–Crippen LogP) is 10.7. The van der Waals surface area contributed by atoms with Gasteiger partial charge < -0.3 is 8.97 Å². The largest absolute Gasteiger partial charge is 0.308 e. The summed E-state index contributed by atoms with van der Waals surface area (Å²) in [7, 11) is 0. The van der Waals surface area contributed by atoms with Crippen molar-refractivity contribution in [2.24, 2.45) is 0 Å². The van der Waals surface area contributed by atoms with E-state index in [4.69, 9.17) is 9.97 Å². The van der Waals surface area contributed by atoms with Gasteiger partial charge in [-0.2, -0.15) is 0 Å². The Morgan fingerprint density at radius 2 is 0.957 bits per heavy atom. The number of hydrogen-bond donors (Lipinski definition) is 0. The molecule has 12 rings (SSSR count). The third-order valence-corrected chi connectivity index (χ3v) is 10.3. The molecule has 0 amide bonds. The molecule has 210 valence electrons. The van der Waals surface area contributed by atoms with Crippen molar-refractivity contribution in [3.8, 4) is 28.2 Å². The fraction of sp³-hybridized carbons (Fsp3) is 0. The number of benzene rings is 7. The molecule has 4 aromatic heterocycles. The quantitative estimate of drug-likeness (QED) is 0.193.